The number of carbonyl (C=O) groups excluding carboxylic acids is 2. The van der Waals surface area contributed by atoms with Gasteiger partial charge in [-0.05, 0) is 128 Å². The molecule has 0 aliphatic carbocycles. The second-order valence-electron chi connectivity index (χ2n) is 28.7. The van der Waals surface area contributed by atoms with Crippen molar-refractivity contribution in [1.29, 1.82) is 0 Å². The molecule has 2 unspecified atom stereocenters. The van der Waals surface area contributed by atoms with Crippen LogP contribution in [0, 0.1) is 0 Å². The number of hydrogen-bond acceptors (Lipinski definition) is 8. The molecular weight excluding hydrogens is 1280 g/mol. The highest BCUT2D eigenvalue weighted by molar-refractivity contribution is 7.45. The first-order chi connectivity index (χ1) is 50.0. The van der Waals surface area contributed by atoms with Crippen LogP contribution in [-0.4, -0.2) is 70.0 Å². The van der Waals surface area contributed by atoms with Crippen LogP contribution < -0.4 is 4.89 Å². The van der Waals surface area contributed by atoms with E-state index in [9.17, 15) is 19.0 Å². The molecule has 0 saturated heterocycles. The van der Waals surface area contributed by atoms with Crippen LogP contribution in [0.2, 0.25) is 0 Å². The predicted molar refractivity (Wildman–Crippen MR) is 443 cm³/mol. The van der Waals surface area contributed by atoms with Crippen LogP contribution in [0.15, 0.2) is 170 Å². The smallest absolute Gasteiger partial charge is 0.306 e. The molecule has 102 heavy (non-hydrogen) atoms. The number of phosphoric acid groups is 1. The van der Waals surface area contributed by atoms with E-state index in [4.69, 9.17) is 18.5 Å². The molecule has 0 aromatic rings. The molecule has 0 spiro atoms. The highest BCUT2D eigenvalue weighted by Gasteiger charge is 2.22. The Hall–Kier alpha value is -4.63. The number of hydrogen-bond donors (Lipinski definition) is 0. The van der Waals surface area contributed by atoms with Gasteiger partial charge in [0.2, 0.25) is 0 Å². The molecule has 582 valence electrons. The van der Waals surface area contributed by atoms with Gasteiger partial charge >= 0.3 is 11.9 Å². The van der Waals surface area contributed by atoms with Gasteiger partial charge < -0.3 is 27.9 Å². The number of allylic oxidation sites excluding steroid dienone is 28. The van der Waals surface area contributed by atoms with Gasteiger partial charge in [-0.15, -0.1) is 0 Å². The quantitative estimate of drug-likeness (QED) is 0.0195. The van der Waals surface area contributed by atoms with Crippen molar-refractivity contribution >= 4 is 19.8 Å². The maximum atomic E-state index is 12.9. The Morgan fingerprint density at radius 2 is 0.529 bits per heavy atom. The highest BCUT2D eigenvalue weighted by atomic mass is 31.2. The van der Waals surface area contributed by atoms with Crippen molar-refractivity contribution in [3.63, 3.8) is 0 Å². The van der Waals surface area contributed by atoms with Gasteiger partial charge in [-0.2, -0.15) is 0 Å². The second-order valence-corrected chi connectivity index (χ2v) is 30.1. The predicted octanol–water partition coefficient (Wildman–Crippen LogP) is 27.8. The number of esters is 2. The van der Waals surface area contributed by atoms with Crippen molar-refractivity contribution in [2.45, 2.75) is 354 Å². The summed E-state index contributed by atoms with van der Waals surface area (Å²) >= 11 is 0. The van der Waals surface area contributed by atoms with Gasteiger partial charge in [0.15, 0.2) is 6.10 Å². The fraction of sp³-hybridized carbons (Fsp3) is 0.674. The molecule has 0 amide bonds. The number of quaternary nitrogens is 1. The Balaban J connectivity index is 3.99. The molecular formula is C92H156NO8P. The van der Waals surface area contributed by atoms with Gasteiger partial charge in [-0.3, -0.25) is 14.2 Å². The molecule has 0 bridgehead atoms. The van der Waals surface area contributed by atoms with E-state index in [-0.39, 0.29) is 32.0 Å². The monoisotopic (exact) mass is 1430 g/mol. The Labute approximate surface area is 629 Å². The molecule has 0 aromatic carbocycles. The topological polar surface area (TPSA) is 111 Å². The second kappa shape index (κ2) is 80.5. The standard InChI is InChI=1S/C92H156NO8P/c1-6-8-10-12-14-16-18-20-22-24-26-28-30-32-34-36-38-40-42-44-46-48-50-52-54-56-58-60-62-64-66-68-70-72-74-76-78-80-82-84-91(94)98-88-90(89-100-102(96,97)99-87-86-93(3,4)5)101-92(95)85-83-81-79-77-75-73-71-69-67-65-63-61-59-57-55-53-51-49-47-45-43-41-39-37-35-33-31-29-27-25-23-21-19-17-15-13-11-9-7-2/h8-11,14-17,20-23,26-29,33,35,39,41,45,47,51,53,57,59,63,65,90H,6-7,12-13,18-19,24-25,30-32,34,36-38,40,42-44,46,48-50,52,54-56,58,60-62,64,66-89H2,1-5H3/b10-8-,11-9-,16-14-,17-15-,22-20-,23-21-,28-26-,29-27-,35-33-,41-39-,47-45-,53-51-,59-57-,65-63-. The lowest BCUT2D eigenvalue weighted by molar-refractivity contribution is -0.870. The number of likely N-dealkylation sites (N-methyl/N-ethyl adjacent to an activating group) is 1. The molecule has 0 aliphatic rings. The third-order valence-corrected chi connectivity index (χ3v) is 18.7. The minimum Gasteiger partial charge on any atom is -0.756 e. The van der Waals surface area contributed by atoms with Gasteiger partial charge in [0, 0.05) is 12.8 Å². The van der Waals surface area contributed by atoms with E-state index in [0.717, 1.165) is 135 Å². The number of carbonyl (C=O) groups is 2. The van der Waals surface area contributed by atoms with E-state index in [2.05, 4.69) is 184 Å². The maximum Gasteiger partial charge on any atom is 0.306 e. The molecule has 0 rings (SSSR count). The maximum absolute atomic E-state index is 12.9. The van der Waals surface area contributed by atoms with Crippen LogP contribution >= 0.6 is 7.82 Å². The van der Waals surface area contributed by atoms with Crippen molar-refractivity contribution in [2.24, 2.45) is 0 Å². The molecule has 0 aliphatic heterocycles. The largest absolute Gasteiger partial charge is 0.756 e. The molecule has 0 radical (unpaired) electrons. The molecule has 10 heteroatoms. The molecule has 0 heterocycles. The fourth-order valence-electron chi connectivity index (χ4n) is 11.4. The van der Waals surface area contributed by atoms with E-state index in [1.165, 1.54) is 180 Å². The van der Waals surface area contributed by atoms with Crippen molar-refractivity contribution in [3.05, 3.63) is 170 Å². The van der Waals surface area contributed by atoms with E-state index in [1.54, 1.807) is 0 Å². The van der Waals surface area contributed by atoms with Crippen molar-refractivity contribution in [1.82, 2.24) is 0 Å². The van der Waals surface area contributed by atoms with Crippen molar-refractivity contribution in [2.75, 3.05) is 47.5 Å². The minimum atomic E-state index is -4.66. The third kappa shape index (κ3) is 84.3. The zero-order valence-corrected chi connectivity index (χ0v) is 67.4. The van der Waals surface area contributed by atoms with Crippen molar-refractivity contribution < 1.29 is 42.1 Å². The van der Waals surface area contributed by atoms with Gasteiger partial charge in [0.25, 0.3) is 7.82 Å². The first kappa shape index (κ1) is 97.4. The summed E-state index contributed by atoms with van der Waals surface area (Å²) < 4.78 is 34.4. The van der Waals surface area contributed by atoms with Gasteiger partial charge in [0.05, 0.1) is 27.7 Å². The number of rotatable bonds is 76. The SMILES string of the molecule is CC/C=C\C/C=C\C/C=C\C/C=C\C/C=C\C/C=C\C/C=C\C/C=C\C/C=C\C/C=C\CCCCCCCCCCC(=O)OC(COC(=O)CCCCCCCCCCCCCCCCCCCCCCCCCCCC/C=C\C/C=C\C/C=C\C/C=C\CC)COP(=O)([O-])OCC[N+](C)(C)C. The Bertz CT molecular complexity index is 2340. The summed E-state index contributed by atoms with van der Waals surface area (Å²) in [5, 5.41) is 0. The number of ether oxygens (including phenoxy) is 2. The molecule has 9 nitrogen and oxygen atoms in total. The van der Waals surface area contributed by atoms with Crippen LogP contribution in [0.5, 0.6) is 0 Å². The minimum absolute atomic E-state index is 0.0382. The van der Waals surface area contributed by atoms with Crippen LogP contribution in [0.1, 0.15) is 348 Å². The van der Waals surface area contributed by atoms with E-state index >= 15 is 0 Å². The molecule has 2 atom stereocenters. The van der Waals surface area contributed by atoms with E-state index < -0.39 is 26.5 Å². The normalized spacial score (nSPS) is 13.9. The number of nitrogens with zero attached hydrogens (tertiary/aromatic N) is 1. The van der Waals surface area contributed by atoms with Crippen LogP contribution in [0.3, 0.4) is 0 Å². The zero-order valence-electron chi connectivity index (χ0n) is 66.5. The first-order valence-corrected chi connectivity index (χ1v) is 43.3. The first-order valence-electron chi connectivity index (χ1n) is 41.8. The van der Waals surface area contributed by atoms with Gasteiger partial charge in [-0.25, -0.2) is 0 Å². The van der Waals surface area contributed by atoms with Gasteiger partial charge in [0.1, 0.15) is 19.8 Å². The van der Waals surface area contributed by atoms with Crippen LogP contribution in [-0.2, 0) is 32.7 Å². The third-order valence-electron chi connectivity index (χ3n) is 17.7. The molecule has 0 N–H and O–H groups in total. The average Bonchev–Trinajstić information content (AvgIpc) is 0.914. The van der Waals surface area contributed by atoms with Crippen molar-refractivity contribution in [3.8, 4) is 0 Å². The lowest BCUT2D eigenvalue weighted by Gasteiger charge is -2.28. The van der Waals surface area contributed by atoms with Gasteiger partial charge in [-0.1, -0.05) is 377 Å². The summed E-state index contributed by atoms with van der Waals surface area (Å²) in [5.74, 6) is -0.839. The highest BCUT2D eigenvalue weighted by Crippen LogP contribution is 2.38. The number of unbranched alkanes of at least 4 members (excludes halogenated alkanes) is 34. The van der Waals surface area contributed by atoms with E-state index in [0.29, 0.717) is 17.4 Å². The summed E-state index contributed by atoms with van der Waals surface area (Å²) in [6.45, 7) is 4.02. The fourth-order valence-corrected chi connectivity index (χ4v) is 12.2. The van der Waals surface area contributed by atoms with Crippen LogP contribution in [0.4, 0.5) is 0 Å². The Morgan fingerprint density at radius 3 is 0.784 bits per heavy atom. The summed E-state index contributed by atoms with van der Waals surface area (Å²) in [5.41, 5.74) is 0. The summed E-state index contributed by atoms with van der Waals surface area (Å²) in [7, 11) is 1.15. The zero-order chi connectivity index (χ0) is 74.0. The lowest BCUT2D eigenvalue weighted by Crippen LogP contribution is -2.37. The van der Waals surface area contributed by atoms with Crippen LogP contribution in [0.25, 0.3) is 0 Å². The summed E-state index contributed by atoms with van der Waals surface area (Å²) in [4.78, 5) is 38.2. The summed E-state index contributed by atoms with van der Waals surface area (Å²) in [6.07, 6.45) is 122. The lowest BCUT2D eigenvalue weighted by atomic mass is 10.0. The Kier molecular flexibility index (Phi) is 76.8. The Morgan fingerprint density at radius 1 is 0.304 bits per heavy atom. The molecule has 0 saturated carbocycles. The average molecular weight is 1440 g/mol. The molecule has 0 aromatic heterocycles. The molecule has 0 fully saturated rings. The number of phosphoric ester groups is 1. The summed E-state index contributed by atoms with van der Waals surface area (Å²) in [6, 6.07) is 0. The van der Waals surface area contributed by atoms with E-state index in [1.807, 2.05) is 21.1 Å².